The molecule has 0 aliphatic heterocycles. The number of Topliss-reactive ketones (excluding diaryl/α,β-unsaturated/α-hetero) is 1. The van der Waals surface area contributed by atoms with Crippen molar-refractivity contribution in [1.29, 1.82) is 0 Å². The average molecular weight is 418 g/mol. The largest absolute Gasteiger partial charge is 0.326 e. The van der Waals surface area contributed by atoms with Crippen LogP contribution in [0.15, 0.2) is 72.9 Å². The van der Waals surface area contributed by atoms with Gasteiger partial charge in [-0.3, -0.25) is 9.59 Å². The Morgan fingerprint density at radius 1 is 1.03 bits per heavy atom. The van der Waals surface area contributed by atoms with Gasteiger partial charge in [0.1, 0.15) is 5.65 Å². The van der Waals surface area contributed by atoms with Gasteiger partial charge in [0.25, 0.3) is 0 Å². The molecule has 150 valence electrons. The molecule has 0 spiro atoms. The number of rotatable bonds is 6. The van der Waals surface area contributed by atoms with Crippen molar-refractivity contribution in [3.63, 3.8) is 0 Å². The molecule has 1 N–H and O–H groups in total. The lowest BCUT2D eigenvalue weighted by molar-refractivity contribution is -0.116. The summed E-state index contributed by atoms with van der Waals surface area (Å²) in [5, 5.41) is 3.54. The number of fused-ring (bicyclic) bond motifs is 1. The Morgan fingerprint density at radius 3 is 2.60 bits per heavy atom. The predicted molar refractivity (Wildman–Crippen MR) is 119 cm³/mol. The summed E-state index contributed by atoms with van der Waals surface area (Å²) in [7, 11) is 0. The Morgan fingerprint density at radius 2 is 1.83 bits per heavy atom. The summed E-state index contributed by atoms with van der Waals surface area (Å²) in [6.45, 7) is 1.50. The number of pyridine rings is 1. The molecule has 0 aliphatic carbocycles. The standard InChI is InChI=1S/C24H20ClN3O2/c1-16(29)18-5-4-6-20(15-18)26-23(30)13-12-21-24(17-8-10-19(25)11-9-17)27-22-7-2-3-14-28(21)22/h2-11,14-15H,12-13H2,1H3,(H,26,30). The molecule has 0 bridgehead atoms. The number of hydrogen-bond acceptors (Lipinski definition) is 3. The maximum Gasteiger partial charge on any atom is 0.224 e. The van der Waals surface area contributed by atoms with Crippen LogP contribution in [0.4, 0.5) is 5.69 Å². The molecule has 0 saturated heterocycles. The molecule has 4 rings (SSSR count). The number of ketones is 1. The van der Waals surface area contributed by atoms with Crippen LogP contribution in [-0.4, -0.2) is 21.1 Å². The second-order valence-electron chi connectivity index (χ2n) is 7.03. The fourth-order valence-corrected chi connectivity index (χ4v) is 3.52. The fourth-order valence-electron chi connectivity index (χ4n) is 3.40. The van der Waals surface area contributed by atoms with Gasteiger partial charge in [0, 0.05) is 34.5 Å². The van der Waals surface area contributed by atoms with Crippen LogP contribution in [0.3, 0.4) is 0 Å². The van der Waals surface area contributed by atoms with Crippen molar-refractivity contribution in [1.82, 2.24) is 9.38 Å². The SMILES string of the molecule is CC(=O)c1cccc(NC(=O)CCc2c(-c3ccc(Cl)cc3)nc3ccccn23)c1. The zero-order valence-electron chi connectivity index (χ0n) is 16.4. The third-order valence-corrected chi connectivity index (χ3v) is 5.14. The van der Waals surface area contributed by atoms with Crippen molar-refractivity contribution in [2.45, 2.75) is 19.8 Å². The van der Waals surface area contributed by atoms with Crippen LogP contribution in [0.25, 0.3) is 16.9 Å². The molecule has 0 saturated carbocycles. The summed E-state index contributed by atoms with van der Waals surface area (Å²) in [5.41, 5.74) is 4.76. The molecule has 1 amide bonds. The van der Waals surface area contributed by atoms with E-state index in [0.717, 1.165) is 22.6 Å². The zero-order chi connectivity index (χ0) is 21.1. The molecule has 6 heteroatoms. The number of halogens is 1. The van der Waals surface area contributed by atoms with Crippen molar-refractivity contribution < 1.29 is 9.59 Å². The zero-order valence-corrected chi connectivity index (χ0v) is 17.2. The van der Waals surface area contributed by atoms with Gasteiger partial charge in [-0.2, -0.15) is 0 Å². The first-order valence-electron chi connectivity index (χ1n) is 9.64. The Labute approximate surface area is 179 Å². The molecule has 0 fully saturated rings. The number of nitrogens with zero attached hydrogens (tertiary/aromatic N) is 2. The average Bonchev–Trinajstić information content (AvgIpc) is 3.11. The van der Waals surface area contributed by atoms with Gasteiger partial charge >= 0.3 is 0 Å². The summed E-state index contributed by atoms with van der Waals surface area (Å²) < 4.78 is 2.01. The van der Waals surface area contributed by atoms with Crippen LogP contribution >= 0.6 is 11.6 Å². The van der Waals surface area contributed by atoms with E-state index in [1.807, 2.05) is 53.1 Å². The maximum atomic E-state index is 12.6. The quantitative estimate of drug-likeness (QED) is 0.425. The van der Waals surface area contributed by atoms with Gasteiger partial charge in [0.2, 0.25) is 5.91 Å². The van der Waals surface area contributed by atoms with Gasteiger partial charge in [-0.1, -0.05) is 41.9 Å². The number of anilines is 1. The van der Waals surface area contributed by atoms with E-state index in [9.17, 15) is 9.59 Å². The summed E-state index contributed by atoms with van der Waals surface area (Å²) >= 11 is 6.03. The number of carbonyl (C=O) groups is 2. The van der Waals surface area contributed by atoms with E-state index in [1.54, 1.807) is 24.3 Å². The van der Waals surface area contributed by atoms with E-state index in [-0.39, 0.29) is 18.1 Å². The van der Waals surface area contributed by atoms with E-state index in [1.165, 1.54) is 6.92 Å². The van der Waals surface area contributed by atoms with Gasteiger partial charge < -0.3 is 9.72 Å². The molecule has 0 radical (unpaired) electrons. The Hall–Kier alpha value is -3.44. The van der Waals surface area contributed by atoms with Crippen molar-refractivity contribution in [2.24, 2.45) is 0 Å². The molecule has 30 heavy (non-hydrogen) atoms. The maximum absolute atomic E-state index is 12.6. The van der Waals surface area contributed by atoms with Gasteiger partial charge in [-0.05, 0) is 49.7 Å². The number of aryl methyl sites for hydroxylation is 1. The van der Waals surface area contributed by atoms with E-state index >= 15 is 0 Å². The third-order valence-electron chi connectivity index (χ3n) is 4.89. The van der Waals surface area contributed by atoms with Crippen LogP contribution in [-0.2, 0) is 11.2 Å². The predicted octanol–water partition coefficient (Wildman–Crippen LogP) is 5.43. The minimum absolute atomic E-state index is 0.0376. The summed E-state index contributed by atoms with van der Waals surface area (Å²) in [6, 6.07) is 20.3. The second kappa shape index (κ2) is 8.51. The normalized spacial score (nSPS) is 10.9. The lowest BCUT2D eigenvalue weighted by Crippen LogP contribution is -2.13. The summed E-state index contributed by atoms with van der Waals surface area (Å²) in [5.74, 6) is -0.159. The monoisotopic (exact) mass is 417 g/mol. The highest BCUT2D eigenvalue weighted by molar-refractivity contribution is 6.30. The molecule has 0 atom stereocenters. The van der Waals surface area contributed by atoms with Crippen LogP contribution in [0, 0.1) is 0 Å². The topological polar surface area (TPSA) is 63.5 Å². The molecule has 2 aromatic carbocycles. The second-order valence-corrected chi connectivity index (χ2v) is 7.46. The highest BCUT2D eigenvalue weighted by Crippen LogP contribution is 2.27. The number of nitrogens with one attached hydrogen (secondary N) is 1. The van der Waals surface area contributed by atoms with Crippen LogP contribution in [0.1, 0.15) is 29.4 Å². The third kappa shape index (κ3) is 4.26. The van der Waals surface area contributed by atoms with E-state index in [0.29, 0.717) is 22.7 Å². The van der Waals surface area contributed by atoms with Crippen molar-refractivity contribution in [3.8, 4) is 11.3 Å². The Bertz CT molecular complexity index is 1230. The first-order chi connectivity index (χ1) is 14.5. The molecule has 4 aromatic rings. The number of carbonyl (C=O) groups excluding carboxylic acids is 2. The summed E-state index contributed by atoms with van der Waals surface area (Å²) in [6.07, 6.45) is 2.75. The van der Waals surface area contributed by atoms with Gasteiger partial charge in [-0.15, -0.1) is 0 Å². The minimum atomic E-state index is -0.122. The van der Waals surface area contributed by atoms with Gasteiger partial charge in [0.15, 0.2) is 5.78 Å². The highest BCUT2D eigenvalue weighted by atomic mass is 35.5. The number of amides is 1. The first kappa shape index (κ1) is 19.9. The number of aromatic nitrogens is 2. The molecule has 0 aliphatic rings. The minimum Gasteiger partial charge on any atom is -0.326 e. The van der Waals surface area contributed by atoms with Gasteiger partial charge in [-0.25, -0.2) is 4.98 Å². The van der Waals surface area contributed by atoms with E-state index < -0.39 is 0 Å². The summed E-state index contributed by atoms with van der Waals surface area (Å²) in [4.78, 5) is 28.9. The van der Waals surface area contributed by atoms with Crippen molar-refractivity contribution in [2.75, 3.05) is 5.32 Å². The smallest absolute Gasteiger partial charge is 0.224 e. The molecular formula is C24H20ClN3O2. The lowest BCUT2D eigenvalue weighted by Gasteiger charge is -2.08. The van der Waals surface area contributed by atoms with Crippen LogP contribution in [0.5, 0.6) is 0 Å². The van der Waals surface area contributed by atoms with E-state index in [4.69, 9.17) is 16.6 Å². The Balaban J connectivity index is 1.57. The first-order valence-corrected chi connectivity index (χ1v) is 10.0. The van der Waals surface area contributed by atoms with Gasteiger partial charge in [0.05, 0.1) is 11.4 Å². The van der Waals surface area contributed by atoms with E-state index in [2.05, 4.69) is 5.32 Å². The number of hydrogen-bond donors (Lipinski definition) is 1. The fraction of sp³-hybridized carbons (Fsp3) is 0.125. The molecular weight excluding hydrogens is 398 g/mol. The molecule has 2 aromatic heterocycles. The van der Waals surface area contributed by atoms with Crippen molar-refractivity contribution in [3.05, 3.63) is 89.2 Å². The molecule has 2 heterocycles. The highest BCUT2D eigenvalue weighted by Gasteiger charge is 2.15. The van der Waals surface area contributed by atoms with Crippen molar-refractivity contribution >= 4 is 34.6 Å². The van der Waals surface area contributed by atoms with Crippen LogP contribution in [0.2, 0.25) is 5.02 Å². The molecule has 5 nitrogen and oxygen atoms in total. The van der Waals surface area contributed by atoms with Crippen LogP contribution < -0.4 is 5.32 Å². The lowest BCUT2D eigenvalue weighted by atomic mass is 10.1. The number of imidazole rings is 1. The number of benzene rings is 2. The Kier molecular flexibility index (Phi) is 5.63. The molecule has 0 unspecified atom stereocenters.